The second kappa shape index (κ2) is 17.2. The lowest BCUT2D eigenvalue weighted by molar-refractivity contribution is -0.156. The average molecular weight is 622 g/mol. The number of amides is 4. The fourth-order valence-corrected chi connectivity index (χ4v) is 3.74. The number of nitrogens with two attached hydrogens (primary N) is 1. The number of esters is 2. The van der Waals surface area contributed by atoms with Crippen LogP contribution in [0.5, 0.6) is 0 Å². The van der Waals surface area contributed by atoms with Gasteiger partial charge in [0, 0.05) is 6.42 Å². The quantitative estimate of drug-likeness (QED) is 0.0669. The summed E-state index contributed by atoms with van der Waals surface area (Å²) in [7, 11) is 0. The van der Waals surface area contributed by atoms with Crippen LogP contribution in [0.15, 0.2) is 30.3 Å². The zero-order valence-corrected chi connectivity index (χ0v) is 26.8. The lowest BCUT2D eigenvalue weighted by atomic mass is 10.0. The Morgan fingerprint density at radius 3 is 1.82 bits per heavy atom. The molecule has 0 saturated heterocycles. The van der Waals surface area contributed by atoms with Crippen LogP contribution < -0.4 is 27.2 Å². The van der Waals surface area contributed by atoms with Gasteiger partial charge in [0.2, 0.25) is 11.8 Å². The first kappa shape index (κ1) is 37.8. The van der Waals surface area contributed by atoms with Crippen LogP contribution in [0.3, 0.4) is 0 Å². The number of alkyl carbamates (subject to hydrolysis) is 1. The smallest absolute Gasteiger partial charge is 0.408 e. The van der Waals surface area contributed by atoms with Crippen LogP contribution in [0, 0.1) is 5.92 Å². The summed E-state index contributed by atoms with van der Waals surface area (Å²) in [4.78, 5) is 76.7. The van der Waals surface area contributed by atoms with Crippen LogP contribution in [0.25, 0.3) is 0 Å². The summed E-state index contributed by atoms with van der Waals surface area (Å²) in [6, 6.07) is 4.85. The molecule has 4 amide bonds. The predicted octanol–water partition coefficient (Wildman–Crippen LogP) is 1.75. The van der Waals surface area contributed by atoms with Gasteiger partial charge in [-0.25, -0.2) is 10.6 Å². The number of nitrogens with one attached hydrogen (secondary N) is 4. The maximum atomic E-state index is 13.5. The highest BCUT2D eigenvalue weighted by molar-refractivity contribution is 5.95. The number of ether oxygens (including phenoxy) is 3. The lowest BCUT2D eigenvalue weighted by Gasteiger charge is -2.27. The van der Waals surface area contributed by atoms with Crippen LogP contribution in [0.4, 0.5) is 4.79 Å². The summed E-state index contributed by atoms with van der Waals surface area (Å²) < 4.78 is 15.8. The molecule has 1 aromatic rings. The van der Waals surface area contributed by atoms with Crippen molar-refractivity contribution in [3.05, 3.63) is 35.9 Å². The van der Waals surface area contributed by atoms with Crippen molar-refractivity contribution in [1.29, 1.82) is 0 Å². The van der Waals surface area contributed by atoms with Gasteiger partial charge in [0.25, 0.3) is 5.91 Å². The van der Waals surface area contributed by atoms with Crippen LogP contribution in [-0.2, 0) is 44.8 Å². The molecule has 246 valence electrons. The summed E-state index contributed by atoms with van der Waals surface area (Å²) >= 11 is 0. The Kier molecular flexibility index (Phi) is 14.8. The molecular formula is C30H47N5O9. The van der Waals surface area contributed by atoms with E-state index in [1.54, 1.807) is 85.7 Å². The van der Waals surface area contributed by atoms with Gasteiger partial charge in [0.05, 0.1) is 6.42 Å². The highest BCUT2D eigenvalue weighted by atomic mass is 16.6. The second-order valence-electron chi connectivity index (χ2n) is 12.5. The second-order valence-corrected chi connectivity index (χ2v) is 12.5. The van der Waals surface area contributed by atoms with Gasteiger partial charge in [0.15, 0.2) is 0 Å². The molecule has 0 heterocycles. The molecule has 0 radical (unpaired) electrons. The molecule has 0 aliphatic carbocycles. The van der Waals surface area contributed by atoms with Crippen molar-refractivity contribution < 1.29 is 43.0 Å². The molecule has 14 heteroatoms. The van der Waals surface area contributed by atoms with Gasteiger partial charge in [-0.3, -0.25) is 29.4 Å². The van der Waals surface area contributed by atoms with E-state index in [2.05, 4.69) is 16.0 Å². The summed E-state index contributed by atoms with van der Waals surface area (Å²) in [6.45, 7) is 13.2. The number of hydrazine groups is 1. The van der Waals surface area contributed by atoms with Crippen molar-refractivity contribution in [3.63, 3.8) is 0 Å². The summed E-state index contributed by atoms with van der Waals surface area (Å²) in [6.07, 6.45) is -2.08. The Hall–Kier alpha value is -4.20. The van der Waals surface area contributed by atoms with E-state index in [9.17, 15) is 28.8 Å². The molecule has 3 atom stereocenters. The Morgan fingerprint density at radius 2 is 1.30 bits per heavy atom. The van der Waals surface area contributed by atoms with E-state index in [4.69, 9.17) is 20.1 Å². The molecule has 0 aliphatic rings. The minimum absolute atomic E-state index is 0.103. The fraction of sp³-hybridized carbons (Fsp3) is 0.600. The minimum atomic E-state index is -1.52. The van der Waals surface area contributed by atoms with Crippen LogP contribution >= 0.6 is 0 Å². The van der Waals surface area contributed by atoms with Crippen molar-refractivity contribution in [1.82, 2.24) is 21.4 Å². The standard InChI is InChI=1S/C30H47N5O9/c1-18(2)24(27(40)35-31)34-25(38)20(14-15-22(36)43-29(3,4)5)32-26(39)21(16-23(37)44-30(6,7)8)33-28(41)42-17-19-12-10-9-11-13-19/h9-13,18,20-21,24H,14-17,31H2,1-8H3,(H,32,39)(H,33,41)(H,34,38)(H,35,40)/t20-,21-,24?/m0/s1. The highest BCUT2D eigenvalue weighted by Crippen LogP contribution is 2.13. The molecular weight excluding hydrogens is 574 g/mol. The Morgan fingerprint density at radius 1 is 0.750 bits per heavy atom. The third-order valence-electron chi connectivity index (χ3n) is 5.69. The molecule has 6 N–H and O–H groups in total. The van der Waals surface area contributed by atoms with Crippen molar-refractivity contribution in [2.24, 2.45) is 11.8 Å². The minimum Gasteiger partial charge on any atom is -0.460 e. The maximum Gasteiger partial charge on any atom is 0.408 e. The van der Waals surface area contributed by atoms with Crippen LogP contribution in [-0.4, -0.2) is 65.1 Å². The van der Waals surface area contributed by atoms with E-state index in [0.29, 0.717) is 5.56 Å². The van der Waals surface area contributed by atoms with Gasteiger partial charge in [-0.2, -0.15) is 0 Å². The average Bonchev–Trinajstić information content (AvgIpc) is 2.90. The number of hydrogen-bond donors (Lipinski definition) is 5. The lowest BCUT2D eigenvalue weighted by Crippen LogP contribution is -2.58. The molecule has 0 spiro atoms. The van der Waals surface area contributed by atoms with Gasteiger partial charge < -0.3 is 30.2 Å². The first-order chi connectivity index (χ1) is 20.3. The molecule has 0 fully saturated rings. The number of carbonyl (C=O) groups excluding carboxylic acids is 6. The van der Waals surface area contributed by atoms with Gasteiger partial charge >= 0.3 is 18.0 Å². The molecule has 0 aromatic heterocycles. The van der Waals surface area contributed by atoms with Crippen LogP contribution in [0.1, 0.15) is 80.2 Å². The molecule has 44 heavy (non-hydrogen) atoms. The van der Waals surface area contributed by atoms with E-state index in [1.165, 1.54) is 0 Å². The SMILES string of the molecule is CC(C)C(NC(=O)[C@H](CCC(=O)OC(C)(C)C)NC(=O)[C@H](CC(=O)OC(C)(C)C)NC(=O)OCc1ccccc1)C(=O)NN. The van der Waals surface area contributed by atoms with Gasteiger partial charge in [0.1, 0.15) is 35.9 Å². The maximum absolute atomic E-state index is 13.5. The third-order valence-corrected chi connectivity index (χ3v) is 5.69. The number of hydrogen-bond acceptors (Lipinski definition) is 10. The van der Waals surface area contributed by atoms with Crippen molar-refractivity contribution in [2.45, 2.75) is 111 Å². The van der Waals surface area contributed by atoms with E-state index in [0.717, 1.165) is 0 Å². The van der Waals surface area contributed by atoms with Crippen LogP contribution in [0.2, 0.25) is 0 Å². The van der Waals surface area contributed by atoms with Gasteiger partial charge in [-0.15, -0.1) is 0 Å². The summed E-state index contributed by atoms with van der Waals surface area (Å²) in [5.41, 5.74) is 1.01. The highest BCUT2D eigenvalue weighted by Gasteiger charge is 2.33. The largest absolute Gasteiger partial charge is 0.460 e. The fourth-order valence-electron chi connectivity index (χ4n) is 3.74. The van der Waals surface area contributed by atoms with E-state index >= 15 is 0 Å². The first-order valence-electron chi connectivity index (χ1n) is 14.3. The van der Waals surface area contributed by atoms with Gasteiger partial charge in [-0.05, 0) is 59.4 Å². The summed E-state index contributed by atoms with van der Waals surface area (Å²) in [5, 5.41) is 7.37. The topological polar surface area (TPSA) is 204 Å². The third kappa shape index (κ3) is 15.3. The number of carbonyl (C=O) groups is 6. The predicted molar refractivity (Wildman–Crippen MR) is 160 cm³/mol. The van der Waals surface area contributed by atoms with Crippen molar-refractivity contribution in [2.75, 3.05) is 0 Å². The molecule has 0 saturated carbocycles. The molecule has 1 aromatic carbocycles. The number of rotatable bonds is 14. The molecule has 14 nitrogen and oxygen atoms in total. The Balaban J connectivity index is 3.20. The van der Waals surface area contributed by atoms with Crippen molar-refractivity contribution >= 4 is 35.8 Å². The Bertz CT molecular complexity index is 1140. The molecule has 0 aliphatic heterocycles. The van der Waals surface area contributed by atoms with E-state index in [-0.39, 0.29) is 25.4 Å². The van der Waals surface area contributed by atoms with E-state index in [1.807, 2.05) is 5.43 Å². The Labute approximate surface area is 258 Å². The normalized spacial score (nSPS) is 13.5. The number of benzene rings is 1. The van der Waals surface area contributed by atoms with E-state index < -0.39 is 71.5 Å². The summed E-state index contributed by atoms with van der Waals surface area (Å²) in [5.74, 6) is 1.05. The molecule has 1 rings (SSSR count). The first-order valence-corrected chi connectivity index (χ1v) is 14.3. The molecule has 0 bridgehead atoms. The van der Waals surface area contributed by atoms with Crippen molar-refractivity contribution in [3.8, 4) is 0 Å². The molecule has 1 unspecified atom stereocenters. The van der Waals surface area contributed by atoms with Gasteiger partial charge in [-0.1, -0.05) is 44.2 Å². The zero-order chi connectivity index (χ0) is 33.7. The zero-order valence-electron chi connectivity index (χ0n) is 26.8. The monoisotopic (exact) mass is 621 g/mol.